The van der Waals surface area contributed by atoms with Crippen LogP contribution in [0, 0.1) is 0 Å². The van der Waals surface area contributed by atoms with Crippen LogP contribution in [0.15, 0.2) is 37.6 Å². The van der Waals surface area contributed by atoms with Crippen molar-refractivity contribution < 1.29 is 0 Å². The van der Waals surface area contributed by atoms with Gasteiger partial charge in [-0.05, 0) is 61.0 Å². The summed E-state index contributed by atoms with van der Waals surface area (Å²) < 4.78 is 1.12. The van der Waals surface area contributed by atoms with Gasteiger partial charge in [0.05, 0.1) is 5.54 Å². The van der Waals surface area contributed by atoms with Crippen molar-refractivity contribution in [3.8, 4) is 0 Å². The van der Waals surface area contributed by atoms with Crippen molar-refractivity contribution in [2.24, 2.45) is 9.98 Å². The van der Waals surface area contributed by atoms with E-state index in [0.717, 1.165) is 35.0 Å². The molecule has 0 N–H and O–H groups in total. The van der Waals surface area contributed by atoms with Crippen LogP contribution in [0.3, 0.4) is 0 Å². The molecule has 0 saturated heterocycles. The molecule has 3 rings (SSSR count). The molecular formula is C15H18BrN3S. The fourth-order valence-corrected chi connectivity index (χ4v) is 4.16. The molecule has 0 saturated carbocycles. The maximum Gasteiger partial charge on any atom is 0.170 e. The lowest BCUT2D eigenvalue weighted by Crippen LogP contribution is -2.43. The van der Waals surface area contributed by atoms with Gasteiger partial charge in [0, 0.05) is 28.0 Å². The molecule has 1 aromatic rings. The summed E-state index contributed by atoms with van der Waals surface area (Å²) in [4.78, 5) is 13.1. The third kappa shape index (κ3) is 2.66. The first kappa shape index (κ1) is 14.1. The first-order valence-corrected chi connectivity index (χ1v) is 8.45. The van der Waals surface area contributed by atoms with E-state index in [4.69, 9.17) is 9.98 Å². The number of hydrogen-bond acceptors (Lipinski definition) is 3. The molecular weight excluding hydrogens is 334 g/mol. The third-order valence-electron chi connectivity index (χ3n) is 3.12. The monoisotopic (exact) mass is 351 g/mol. The first-order chi connectivity index (χ1) is 9.46. The molecule has 0 spiro atoms. The summed E-state index contributed by atoms with van der Waals surface area (Å²) in [5.74, 6) is 1.08. The van der Waals surface area contributed by atoms with E-state index in [1.54, 1.807) is 11.8 Å². The third-order valence-corrected chi connectivity index (χ3v) is 5.18. The van der Waals surface area contributed by atoms with E-state index < -0.39 is 0 Å². The summed E-state index contributed by atoms with van der Waals surface area (Å²) in [6, 6.07) is 6.31. The minimum atomic E-state index is -0.0797. The molecule has 0 radical (unpaired) electrons. The first-order valence-electron chi connectivity index (χ1n) is 6.84. The summed E-state index contributed by atoms with van der Waals surface area (Å²) in [5.41, 5.74) is 1.14. The number of thioether (sulfide) groups is 1. The van der Waals surface area contributed by atoms with Crippen LogP contribution >= 0.6 is 27.7 Å². The molecule has 2 aliphatic rings. The largest absolute Gasteiger partial charge is 0.305 e. The fraction of sp³-hybridized carbons (Fsp3) is 0.467. The van der Waals surface area contributed by atoms with Crippen LogP contribution in [-0.4, -0.2) is 34.5 Å². The zero-order chi connectivity index (χ0) is 14.3. The van der Waals surface area contributed by atoms with Crippen LogP contribution in [0.25, 0.3) is 0 Å². The Balaban J connectivity index is 2.15. The highest BCUT2D eigenvalue weighted by molar-refractivity contribution is 9.10. The molecule has 0 atom stereocenters. The predicted molar refractivity (Wildman–Crippen MR) is 89.9 cm³/mol. The maximum absolute atomic E-state index is 4.90. The molecule has 0 fully saturated rings. The topological polar surface area (TPSA) is 28.0 Å². The number of nitrogens with zero attached hydrogens (tertiary/aromatic N) is 3. The molecule has 2 aliphatic heterocycles. The number of aliphatic imine (C=N–C) groups is 2. The van der Waals surface area contributed by atoms with Crippen molar-refractivity contribution in [1.29, 1.82) is 0 Å². The Labute approximate surface area is 132 Å². The van der Waals surface area contributed by atoms with Crippen molar-refractivity contribution in [2.45, 2.75) is 37.6 Å². The number of rotatable bonds is 0. The number of amidine groups is 2. The van der Waals surface area contributed by atoms with Crippen LogP contribution in [0.4, 0.5) is 0 Å². The molecule has 106 valence electrons. The van der Waals surface area contributed by atoms with E-state index in [9.17, 15) is 0 Å². The molecule has 0 unspecified atom stereocenters. The van der Waals surface area contributed by atoms with Crippen LogP contribution in [0.5, 0.6) is 0 Å². The van der Waals surface area contributed by atoms with Crippen molar-refractivity contribution in [3.05, 3.63) is 28.2 Å². The van der Waals surface area contributed by atoms with Gasteiger partial charge >= 0.3 is 0 Å². The van der Waals surface area contributed by atoms with Gasteiger partial charge in [0.15, 0.2) is 5.17 Å². The number of benzene rings is 1. The van der Waals surface area contributed by atoms with E-state index >= 15 is 0 Å². The van der Waals surface area contributed by atoms with Gasteiger partial charge in [0.25, 0.3) is 0 Å². The van der Waals surface area contributed by atoms with Crippen LogP contribution in [-0.2, 0) is 0 Å². The Morgan fingerprint density at radius 2 is 2.15 bits per heavy atom. The van der Waals surface area contributed by atoms with Gasteiger partial charge in [-0.25, -0.2) is 0 Å². The lowest BCUT2D eigenvalue weighted by Gasteiger charge is -2.36. The molecule has 5 heteroatoms. The smallest absolute Gasteiger partial charge is 0.170 e. The lowest BCUT2D eigenvalue weighted by atomic mass is 10.1. The lowest BCUT2D eigenvalue weighted by molar-refractivity contribution is 0.527. The van der Waals surface area contributed by atoms with Crippen molar-refractivity contribution in [1.82, 2.24) is 4.90 Å². The highest BCUT2D eigenvalue weighted by Gasteiger charge is 2.32. The van der Waals surface area contributed by atoms with E-state index in [1.807, 2.05) is 0 Å². The Morgan fingerprint density at radius 1 is 1.35 bits per heavy atom. The van der Waals surface area contributed by atoms with Gasteiger partial charge in [0.1, 0.15) is 5.84 Å². The van der Waals surface area contributed by atoms with E-state index in [0.29, 0.717) is 0 Å². The summed E-state index contributed by atoms with van der Waals surface area (Å²) in [6.07, 6.45) is 1.09. The van der Waals surface area contributed by atoms with Gasteiger partial charge in [-0.1, -0.05) is 12.1 Å². The molecule has 1 aromatic carbocycles. The highest BCUT2D eigenvalue weighted by atomic mass is 79.9. The minimum absolute atomic E-state index is 0.0797. The Hall–Kier alpha value is -0.810. The van der Waals surface area contributed by atoms with Crippen molar-refractivity contribution >= 4 is 38.7 Å². The van der Waals surface area contributed by atoms with E-state index in [-0.39, 0.29) is 5.54 Å². The predicted octanol–water partition coefficient (Wildman–Crippen LogP) is 4.16. The molecule has 0 aromatic heterocycles. The van der Waals surface area contributed by atoms with Crippen LogP contribution in [0.1, 0.15) is 32.8 Å². The summed E-state index contributed by atoms with van der Waals surface area (Å²) in [6.45, 7) is 8.32. The number of hydrogen-bond donors (Lipinski definition) is 0. The fourth-order valence-electron chi connectivity index (χ4n) is 2.33. The number of halogens is 1. The molecule has 20 heavy (non-hydrogen) atoms. The zero-order valence-corrected chi connectivity index (χ0v) is 14.4. The summed E-state index contributed by atoms with van der Waals surface area (Å²) >= 11 is 5.40. The van der Waals surface area contributed by atoms with Crippen LogP contribution in [0.2, 0.25) is 0 Å². The van der Waals surface area contributed by atoms with Crippen molar-refractivity contribution in [2.75, 3.05) is 13.1 Å². The van der Waals surface area contributed by atoms with Crippen LogP contribution < -0.4 is 0 Å². The zero-order valence-electron chi connectivity index (χ0n) is 12.0. The molecule has 0 aliphatic carbocycles. The van der Waals surface area contributed by atoms with Gasteiger partial charge in [-0.3, -0.25) is 9.98 Å². The van der Waals surface area contributed by atoms with Gasteiger partial charge in [-0.15, -0.1) is 0 Å². The normalized spacial score (nSPS) is 20.5. The Bertz CT molecular complexity index is 602. The van der Waals surface area contributed by atoms with Gasteiger partial charge in [0.2, 0.25) is 0 Å². The van der Waals surface area contributed by atoms with Crippen molar-refractivity contribution in [3.63, 3.8) is 0 Å². The summed E-state index contributed by atoms with van der Waals surface area (Å²) in [5, 5.41) is 1.07. The minimum Gasteiger partial charge on any atom is -0.305 e. The Kier molecular flexibility index (Phi) is 3.67. The van der Waals surface area contributed by atoms with E-state index in [2.05, 4.69) is 59.8 Å². The quantitative estimate of drug-likeness (QED) is 0.701. The molecule has 0 amide bonds. The SMILES string of the molecule is CC(C)(C)N=C1Sc2c(Br)cccc2C2=NCCCN12. The second kappa shape index (κ2) is 5.19. The highest BCUT2D eigenvalue weighted by Crippen LogP contribution is 2.39. The average Bonchev–Trinajstić information content (AvgIpc) is 2.39. The average molecular weight is 352 g/mol. The van der Waals surface area contributed by atoms with E-state index in [1.165, 1.54) is 10.5 Å². The maximum atomic E-state index is 4.90. The second-order valence-electron chi connectivity index (χ2n) is 5.99. The second-order valence-corrected chi connectivity index (χ2v) is 7.83. The molecule has 2 heterocycles. The summed E-state index contributed by atoms with van der Waals surface area (Å²) in [7, 11) is 0. The molecule has 3 nitrogen and oxygen atoms in total. The van der Waals surface area contributed by atoms with Gasteiger partial charge < -0.3 is 4.90 Å². The Morgan fingerprint density at radius 3 is 2.90 bits per heavy atom. The standard InChI is InChI=1S/C15H18BrN3S/c1-15(2,3)18-14-19-9-5-8-17-13(19)10-6-4-7-11(16)12(10)20-14/h4,6-7H,5,8-9H2,1-3H3. The van der Waals surface area contributed by atoms with Gasteiger partial charge in [-0.2, -0.15) is 0 Å². The molecule has 0 bridgehead atoms. The number of fused-ring (bicyclic) bond motifs is 3.